The van der Waals surface area contributed by atoms with Gasteiger partial charge in [0, 0.05) is 12.1 Å². The van der Waals surface area contributed by atoms with Crippen LogP contribution in [0.15, 0.2) is 30.3 Å². The van der Waals surface area contributed by atoms with Gasteiger partial charge in [0.1, 0.15) is 6.10 Å². The van der Waals surface area contributed by atoms with Crippen LogP contribution in [0.3, 0.4) is 0 Å². The number of rotatable bonds is 7. The Hall–Kier alpha value is -2.94. The van der Waals surface area contributed by atoms with Crippen molar-refractivity contribution in [2.75, 3.05) is 13.7 Å². The standard InChI is InChI=1S/C22H31NO4.C2H2O4/c1-15(2)14-26-22(25)20(16-7-5-4-6-8-16)13-21(24)27-19-11-17-9-10-18(12-19)23(17)3;3-1(4)2(5)6/h4-8,15,17-20H,9-14H2,1-3H3;(H,3,4)(H,5,6). The Labute approximate surface area is 193 Å². The molecule has 0 aliphatic carbocycles. The Kier molecular flexibility index (Phi) is 9.84. The summed E-state index contributed by atoms with van der Waals surface area (Å²) in [7, 11) is 2.16. The number of carbonyl (C=O) groups excluding carboxylic acids is 2. The quantitative estimate of drug-likeness (QED) is 0.463. The number of benzene rings is 1. The summed E-state index contributed by atoms with van der Waals surface area (Å²) in [5.74, 6) is -4.66. The Bertz CT molecular complexity index is 799. The molecule has 2 fully saturated rings. The third-order valence-electron chi connectivity index (χ3n) is 5.95. The molecule has 0 radical (unpaired) electrons. The van der Waals surface area contributed by atoms with Gasteiger partial charge in [-0.3, -0.25) is 9.59 Å². The second-order valence-electron chi connectivity index (χ2n) is 8.94. The van der Waals surface area contributed by atoms with Crippen molar-refractivity contribution in [2.45, 2.75) is 70.1 Å². The van der Waals surface area contributed by atoms with E-state index in [1.165, 1.54) is 12.8 Å². The van der Waals surface area contributed by atoms with E-state index in [9.17, 15) is 9.59 Å². The molecule has 182 valence electrons. The second kappa shape index (κ2) is 12.3. The molecule has 1 aromatic rings. The number of piperidine rings is 1. The van der Waals surface area contributed by atoms with E-state index < -0.39 is 17.9 Å². The molecule has 2 N–H and O–H groups in total. The average Bonchev–Trinajstić information content (AvgIpc) is 2.97. The highest BCUT2D eigenvalue weighted by Gasteiger charge is 2.40. The highest BCUT2D eigenvalue weighted by molar-refractivity contribution is 6.27. The van der Waals surface area contributed by atoms with Gasteiger partial charge in [-0.2, -0.15) is 0 Å². The Morgan fingerprint density at radius 2 is 1.55 bits per heavy atom. The molecule has 1 aromatic carbocycles. The number of fused-ring (bicyclic) bond motifs is 2. The zero-order valence-corrected chi connectivity index (χ0v) is 19.3. The lowest BCUT2D eigenvalue weighted by Crippen LogP contribution is -2.43. The van der Waals surface area contributed by atoms with E-state index in [2.05, 4.69) is 11.9 Å². The van der Waals surface area contributed by atoms with Crippen LogP contribution in [0, 0.1) is 5.92 Å². The van der Waals surface area contributed by atoms with Crippen LogP contribution in [-0.4, -0.2) is 70.8 Å². The van der Waals surface area contributed by atoms with E-state index in [4.69, 9.17) is 29.3 Å². The summed E-state index contributed by atoms with van der Waals surface area (Å²) in [4.78, 5) is 45.8. The van der Waals surface area contributed by atoms with Gasteiger partial charge >= 0.3 is 23.9 Å². The van der Waals surface area contributed by atoms with Crippen molar-refractivity contribution in [1.82, 2.24) is 4.90 Å². The largest absolute Gasteiger partial charge is 0.473 e. The van der Waals surface area contributed by atoms with Gasteiger partial charge < -0.3 is 24.6 Å². The molecule has 9 heteroatoms. The highest BCUT2D eigenvalue weighted by Crippen LogP contribution is 2.36. The monoisotopic (exact) mass is 463 g/mol. The van der Waals surface area contributed by atoms with Crippen LogP contribution in [0.4, 0.5) is 0 Å². The van der Waals surface area contributed by atoms with Gasteiger partial charge in [-0.05, 0) is 44.2 Å². The molecule has 2 saturated heterocycles. The summed E-state index contributed by atoms with van der Waals surface area (Å²) < 4.78 is 11.2. The first-order chi connectivity index (χ1) is 15.6. The molecule has 0 spiro atoms. The van der Waals surface area contributed by atoms with Gasteiger partial charge in [-0.15, -0.1) is 0 Å². The number of aliphatic carboxylic acids is 2. The van der Waals surface area contributed by atoms with Gasteiger partial charge in [-0.1, -0.05) is 44.2 Å². The predicted molar refractivity (Wildman–Crippen MR) is 119 cm³/mol. The summed E-state index contributed by atoms with van der Waals surface area (Å²) in [6, 6.07) is 10.4. The Morgan fingerprint density at radius 1 is 1.00 bits per heavy atom. The lowest BCUT2D eigenvalue weighted by Gasteiger charge is -2.35. The van der Waals surface area contributed by atoms with Gasteiger partial charge in [0.2, 0.25) is 0 Å². The van der Waals surface area contributed by atoms with Crippen molar-refractivity contribution in [2.24, 2.45) is 5.92 Å². The lowest BCUT2D eigenvalue weighted by molar-refractivity contribution is -0.159. The van der Waals surface area contributed by atoms with Crippen molar-refractivity contribution in [1.29, 1.82) is 0 Å². The van der Waals surface area contributed by atoms with E-state index in [0.29, 0.717) is 18.7 Å². The molecule has 0 aromatic heterocycles. The Morgan fingerprint density at radius 3 is 2.03 bits per heavy atom. The normalized spacial score (nSPS) is 22.6. The summed E-state index contributed by atoms with van der Waals surface area (Å²) in [6.07, 6.45) is 4.16. The van der Waals surface area contributed by atoms with Crippen LogP contribution in [0.25, 0.3) is 0 Å². The molecule has 3 atom stereocenters. The third kappa shape index (κ3) is 8.16. The van der Waals surface area contributed by atoms with Gasteiger partial charge in [0.05, 0.1) is 18.9 Å². The molecule has 2 aliphatic rings. The molecule has 33 heavy (non-hydrogen) atoms. The van der Waals surface area contributed by atoms with Crippen LogP contribution in [0.5, 0.6) is 0 Å². The number of carboxylic acids is 2. The first-order valence-electron chi connectivity index (χ1n) is 11.2. The predicted octanol–water partition coefficient (Wildman–Crippen LogP) is 2.68. The van der Waals surface area contributed by atoms with E-state index in [-0.39, 0.29) is 30.4 Å². The number of ether oxygens (including phenoxy) is 2. The molecule has 2 aliphatic heterocycles. The van der Waals surface area contributed by atoms with E-state index in [0.717, 1.165) is 18.4 Å². The summed E-state index contributed by atoms with van der Waals surface area (Å²) in [5, 5.41) is 14.8. The maximum atomic E-state index is 12.6. The second-order valence-corrected chi connectivity index (χ2v) is 8.94. The minimum atomic E-state index is -1.82. The van der Waals surface area contributed by atoms with Crippen LogP contribution in [-0.2, 0) is 28.7 Å². The van der Waals surface area contributed by atoms with Crippen molar-refractivity contribution < 1.29 is 38.9 Å². The number of hydrogen-bond acceptors (Lipinski definition) is 7. The van der Waals surface area contributed by atoms with Gasteiger partial charge in [0.15, 0.2) is 0 Å². The molecular weight excluding hydrogens is 430 g/mol. The fourth-order valence-electron chi connectivity index (χ4n) is 4.23. The molecule has 9 nitrogen and oxygen atoms in total. The number of carboxylic acid groups (broad SMARTS) is 2. The summed E-state index contributed by atoms with van der Waals surface area (Å²) >= 11 is 0. The van der Waals surface area contributed by atoms with Crippen LogP contribution in [0.2, 0.25) is 0 Å². The van der Waals surface area contributed by atoms with Crippen LogP contribution < -0.4 is 0 Å². The van der Waals surface area contributed by atoms with Crippen molar-refractivity contribution in [3.63, 3.8) is 0 Å². The molecule has 0 saturated carbocycles. The average molecular weight is 464 g/mol. The van der Waals surface area contributed by atoms with Crippen molar-refractivity contribution in [3.8, 4) is 0 Å². The molecule has 0 amide bonds. The van der Waals surface area contributed by atoms with Crippen molar-refractivity contribution in [3.05, 3.63) is 35.9 Å². The molecular formula is C24H33NO8. The fraction of sp³-hybridized carbons (Fsp3) is 0.583. The maximum absolute atomic E-state index is 12.6. The van der Waals surface area contributed by atoms with Gasteiger partial charge in [0.25, 0.3) is 0 Å². The molecule has 2 bridgehead atoms. The smallest absolute Gasteiger partial charge is 0.414 e. The SMILES string of the molecule is CC(C)COC(=O)C(CC(=O)OC1CC2CCC(C1)N2C)c1ccccc1.O=C(O)C(=O)O. The lowest BCUT2D eigenvalue weighted by atomic mass is 9.95. The number of esters is 2. The number of carbonyl (C=O) groups is 4. The minimum Gasteiger partial charge on any atom is -0.473 e. The number of nitrogens with zero attached hydrogens (tertiary/aromatic N) is 1. The number of hydrogen-bond donors (Lipinski definition) is 2. The first-order valence-corrected chi connectivity index (χ1v) is 11.2. The fourth-order valence-corrected chi connectivity index (χ4v) is 4.23. The summed E-state index contributed by atoms with van der Waals surface area (Å²) in [6.45, 7) is 4.34. The zero-order valence-electron chi connectivity index (χ0n) is 19.3. The van der Waals surface area contributed by atoms with E-state index >= 15 is 0 Å². The highest BCUT2D eigenvalue weighted by atomic mass is 16.5. The molecule has 3 rings (SSSR count). The van der Waals surface area contributed by atoms with E-state index in [1.807, 2.05) is 44.2 Å². The van der Waals surface area contributed by atoms with Gasteiger partial charge in [-0.25, -0.2) is 9.59 Å². The molecule has 3 unspecified atom stereocenters. The minimum absolute atomic E-state index is 0.0304. The maximum Gasteiger partial charge on any atom is 0.414 e. The first kappa shape index (κ1) is 26.3. The third-order valence-corrected chi connectivity index (χ3v) is 5.95. The summed E-state index contributed by atoms with van der Waals surface area (Å²) in [5.41, 5.74) is 0.798. The van der Waals surface area contributed by atoms with E-state index in [1.54, 1.807) is 0 Å². The van der Waals surface area contributed by atoms with Crippen molar-refractivity contribution >= 4 is 23.9 Å². The van der Waals surface area contributed by atoms with Crippen LogP contribution >= 0.6 is 0 Å². The molecule has 2 heterocycles. The topological polar surface area (TPSA) is 130 Å². The van der Waals surface area contributed by atoms with Crippen LogP contribution in [0.1, 0.15) is 57.4 Å². The zero-order chi connectivity index (χ0) is 24.5. The Balaban J connectivity index is 0.000000569.